The van der Waals surface area contributed by atoms with Gasteiger partial charge in [0.15, 0.2) is 0 Å². The number of hydrogen-bond donors (Lipinski definition) is 4. The van der Waals surface area contributed by atoms with E-state index < -0.39 is 6.04 Å². The van der Waals surface area contributed by atoms with E-state index in [-0.39, 0.29) is 41.7 Å². The number of rotatable bonds is 18. The Balaban J connectivity index is 2.98. The second-order valence-electron chi connectivity index (χ2n) is 10.3. The van der Waals surface area contributed by atoms with Crippen molar-refractivity contribution in [2.24, 2.45) is 11.8 Å². The van der Waals surface area contributed by atoms with Crippen LogP contribution in [0.4, 0.5) is 0 Å². The highest BCUT2D eigenvalue weighted by molar-refractivity contribution is 7.09. The number of quaternary nitrogens is 1. The minimum atomic E-state index is -0.614. The first-order chi connectivity index (χ1) is 18.0. The molecule has 3 amide bonds. The van der Waals surface area contributed by atoms with Crippen LogP contribution in [0.25, 0.3) is 0 Å². The summed E-state index contributed by atoms with van der Waals surface area (Å²) in [7, 11) is 5.05. The molecule has 0 spiro atoms. The minimum Gasteiger partial charge on any atom is -0.371 e. The molecule has 0 radical (unpaired) electrons. The largest absolute Gasteiger partial charge is 0.371 e. The minimum absolute atomic E-state index is 0.0230. The van der Waals surface area contributed by atoms with Gasteiger partial charge in [0.1, 0.15) is 29.4 Å². The van der Waals surface area contributed by atoms with Crippen molar-refractivity contribution >= 4 is 29.1 Å². The van der Waals surface area contributed by atoms with E-state index in [2.05, 4.69) is 29.5 Å². The lowest BCUT2D eigenvalue weighted by Crippen LogP contribution is -3.06. The predicted molar refractivity (Wildman–Crippen MR) is 149 cm³/mol. The molecule has 0 saturated carbocycles. The van der Waals surface area contributed by atoms with Crippen molar-refractivity contribution < 1.29 is 29.4 Å². The second-order valence-corrected chi connectivity index (χ2v) is 11.2. The van der Waals surface area contributed by atoms with Crippen LogP contribution in [0.1, 0.15) is 94.7 Å². The molecular formula is C27H50N5O5S+. The molecule has 0 aliphatic heterocycles. The van der Waals surface area contributed by atoms with Gasteiger partial charge in [0, 0.05) is 45.0 Å². The van der Waals surface area contributed by atoms with Gasteiger partial charge in [0.2, 0.25) is 11.8 Å². The number of carbonyl (C=O) groups is 3. The SMILES string of the molecule is CCO[C@H](C[C@H](C(C)C)N(C)C(=O)[C@@H](NC(=O)CCCCC[NH+](C)O)[C@@H](C)CC)c1nc(C(=O)NC)cs1. The van der Waals surface area contributed by atoms with Crippen molar-refractivity contribution in [1.82, 2.24) is 20.5 Å². The zero-order chi connectivity index (χ0) is 28.8. The van der Waals surface area contributed by atoms with Crippen LogP contribution in [0.3, 0.4) is 0 Å². The molecule has 0 bridgehead atoms. The van der Waals surface area contributed by atoms with Crippen molar-refractivity contribution in [3.63, 3.8) is 0 Å². The number of likely N-dealkylation sites (N-methyl/N-ethyl adjacent to an activating group) is 1. The van der Waals surface area contributed by atoms with Crippen LogP contribution in [0, 0.1) is 11.8 Å². The van der Waals surface area contributed by atoms with Gasteiger partial charge in [0.05, 0.1) is 7.05 Å². The average Bonchev–Trinajstić information content (AvgIpc) is 3.37. The zero-order valence-electron chi connectivity index (χ0n) is 24.5. The predicted octanol–water partition coefficient (Wildman–Crippen LogP) is 2.45. The first kappa shape index (κ1) is 33.9. The molecule has 11 heteroatoms. The molecule has 218 valence electrons. The maximum absolute atomic E-state index is 13.8. The van der Waals surface area contributed by atoms with Gasteiger partial charge in [-0.25, -0.2) is 10.2 Å². The smallest absolute Gasteiger partial charge is 0.270 e. The summed E-state index contributed by atoms with van der Waals surface area (Å²) in [6.07, 6.45) is 3.68. The third kappa shape index (κ3) is 11.0. The first-order valence-electron chi connectivity index (χ1n) is 13.8. The van der Waals surface area contributed by atoms with Crippen molar-refractivity contribution in [1.29, 1.82) is 0 Å². The Morgan fingerprint density at radius 1 is 1.18 bits per heavy atom. The molecule has 5 atom stereocenters. The molecule has 1 rings (SSSR count). The summed E-state index contributed by atoms with van der Waals surface area (Å²) in [5.74, 6) is -0.378. The molecule has 0 aliphatic rings. The molecule has 38 heavy (non-hydrogen) atoms. The molecule has 0 saturated heterocycles. The van der Waals surface area contributed by atoms with Crippen LogP contribution in [0.5, 0.6) is 0 Å². The lowest BCUT2D eigenvalue weighted by molar-refractivity contribution is -1.07. The quantitative estimate of drug-likeness (QED) is 0.163. The molecule has 4 N–H and O–H groups in total. The summed E-state index contributed by atoms with van der Waals surface area (Å²) in [6.45, 7) is 11.2. The van der Waals surface area contributed by atoms with E-state index in [1.807, 2.05) is 20.8 Å². The maximum Gasteiger partial charge on any atom is 0.270 e. The molecule has 10 nitrogen and oxygen atoms in total. The third-order valence-corrected chi connectivity index (χ3v) is 7.87. The van der Waals surface area contributed by atoms with E-state index in [1.54, 1.807) is 31.4 Å². The number of amides is 3. The van der Waals surface area contributed by atoms with E-state index in [1.165, 1.54) is 11.3 Å². The Morgan fingerprint density at radius 3 is 2.42 bits per heavy atom. The van der Waals surface area contributed by atoms with Gasteiger partial charge < -0.3 is 20.3 Å². The molecule has 1 unspecified atom stereocenters. The molecule has 0 aromatic carbocycles. The summed E-state index contributed by atoms with van der Waals surface area (Å²) in [5.41, 5.74) is 0.354. The fourth-order valence-corrected chi connectivity index (χ4v) is 5.22. The Kier molecular flexibility index (Phi) is 15.6. The first-order valence-corrected chi connectivity index (χ1v) is 14.7. The monoisotopic (exact) mass is 556 g/mol. The number of ether oxygens (including phenoxy) is 1. The van der Waals surface area contributed by atoms with E-state index >= 15 is 0 Å². The Hall–Kier alpha value is -2.08. The van der Waals surface area contributed by atoms with E-state index in [0.29, 0.717) is 48.2 Å². The molecule has 0 fully saturated rings. The highest BCUT2D eigenvalue weighted by atomic mass is 32.1. The fraction of sp³-hybridized carbons (Fsp3) is 0.778. The number of unbranched alkanes of at least 4 members (excludes halogenated alkanes) is 2. The highest BCUT2D eigenvalue weighted by Crippen LogP contribution is 2.30. The number of aromatic nitrogens is 1. The van der Waals surface area contributed by atoms with Gasteiger partial charge in [0.25, 0.3) is 5.91 Å². The van der Waals surface area contributed by atoms with Gasteiger partial charge in [-0.1, -0.05) is 34.1 Å². The Morgan fingerprint density at radius 2 is 1.87 bits per heavy atom. The van der Waals surface area contributed by atoms with Crippen LogP contribution >= 0.6 is 11.3 Å². The van der Waals surface area contributed by atoms with Crippen LogP contribution in [-0.4, -0.2) is 79.2 Å². The topological polar surface area (TPSA) is 125 Å². The summed E-state index contributed by atoms with van der Waals surface area (Å²) >= 11 is 1.38. The van der Waals surface area contributed by atoms with Crippen LogP contribution in [-0.2, 0) is 14.3 Å². The Labute approximate surface area is 232 Å². The average molecular weight is 557 g/mol. The third-order valence-electron chi connectivity index (χ3n) is 6.93. The van der Waals surface area contributed by atoms with E-state index in [4.69, 9.17) is 4.74 Å². The molecule has 1 heterocycles. The number of hydrogen-bond acceptors (Lipinski definition) is 7. The summed E-state index contributed by atoms with van der Waals surface area (Å²) in [4.78, 5) is 44.7. The van der Waals surface area contributed by atoms with Gasteiger partial charge in [-0.2, -0.15) is 5.06 Å². The summed E-state index contributed by atoms with van der Waals surface area (Å²) in [5, 5.41) is 17.7. The number of hydroxylamine groups is 2. The molecule has 1 aromatic heterocycles. The lowest BCUT2D eigenvalue weighted by Gasteiger charge is -2.37. The summed E-state index contributed by atoms with van der Waals surface area (Å²) < 4.78 is 6.03. The number of nitrogens with one attached hydrogen (secondary N) is 3. The molecule has 1 aromatic rings. The van der Waals surface area contributed by atoms with Crippen LogP contribution < -0.4 is 15.7 Å². The number of nitrogens with zero attached hydrogens (tertiary/aromatic N) is 2. The second kappa shape index (κ2) is 17.5. The molecular weight excluding hydrogens is 506 g/mol. The fourth-order valence-electron chi connectivity index (χ4n) is 4.36. The maximum atomic E-state index is 13.8. The van der Waals surface area contributed by atoms with Crippen molar-refractivity contribution in [2.75, 3.05) is 34.3 Å². The summed E-state index contributed by atoms with van der Waals surface area (Å²) in [6, 6.07) is -0.773. The van der Waals surface area contributed by atoms with Crippen LogP contribution in [0.15, 0.2) is 5.38 Å². The zero-order valence-corrected chi connectivity index (χ0v) is 25.3. The van der Waals surface area contributed by atoms with Crippen LogP contribution in [0.2, 0.25) is 0 Å². The Bertz CT molecular complexity index is 863. The molecule has 0 aliphatic carbocycles. The normalized spacial score (nSPS) is 15.4. The lowest BCUT2D eigenvalue weighted by atomic mass is 9.93. The van der Waals surface area contributed by atoms with Gasteiger partial charge in [-0.15, -0.1) is 11.3 Å². The standard InChI is InChI=1S/C27H49N5O5S/c1-9-19(5)24(30-23(33)14-12-11-13-15-31(7)36)27(35)32(8)21(18(3)4)16-22(37-10-2)26-29-20(17-38-26)25(34)28-6/h17-19,21-22,24,36H,9-16H2,1-8H3,(H,28,34)(H,30,33)/p+1/t19-,21+,22+,24-/m0/s1. The van der Waals surface area contributed by atoms with Gasteiger partial charge in [-0.05, 0) is 38.0 Å². The van der Waals surface area contributed by atoms with Gasteiger partial charge in [-0.3, -0.25) is 14.4 Å². The van der Waals surface area contributed by atoms with Crippen molar-refractivity contribution in [3.05, 3.63) is 16.1 Å². The van der Waals surface area contributed by atoms with E-state index in [0.717, 1.165) is 19.3 Å². The van der Waals surface area contributed by atoms with E-state index in [9.17, 15) is 19.6 Å². The number of carbonyl (C=O) groups excluding carboxylic acids is 3. The number of thiazole rings is 1. The highest BCUT2D eigenvalue weighted by Gasteiger charge is 2.34. The van der Waals surface area contributed by atoms with Gasteiger partial charge >= 0.3 is 0 Å². The van der Waals surface area contributed by atoms with Crippen molar-refractivity contribution in [2.45, 2.75) is 91.3 Å². The van der Waals surface area contributed by atoms with Crippen molar-refractivity contribution in [3.8, 4) is 0 Å².